The van der Waals surface area contributed by atoms with Gasteiger partial charge in [0.15, 0.2) is 0 Å². The topological polar surface area (TPSA) is 95.9 Å². The summed E-state index contributed by atoms with van der Waals surface area (Å²) in [6.45, 7) is 5.01. The van der Waals surface area contributed by atoms with Gasteiger partial charge in [-0.25, -0.2) is 0 Å². The summed E-state index contributed by atoms with van der Waals surface area (Å²) in [5, 5.41) is 23.4. The van der Waals surface area contributed by atoms with Crippen LogP contribution in [-0.4, -0.2) is 47.4 Å². The maximum absolute atomic E-state index is 12.5. The second-order valence-corrected chi connectivity index (χ2v) is 25.6. The number of aliphatic hydroxyl groups excluding tert-OH is 2. The van der Waals surface area contributed by atoms with Gasteiger partial charge >= 0.3 is 5.97 Å². The maximum Gasteiger partial charge on any atom is 0.305 e. The molecular weight excluding hydrogens is 971 g/mol. The number of hydrogen-bond donors (Lipinski definition) is 3. The van der Waals surface area contributed by atoms with E-state index in [0.29, 0.717) is 25.9 Å². The molecule has 0 aliphatic carbocycles. The third-order valence-electron chi connectivity index (χ3n) is 17.7. The Morgan fingerprint density at radius 1 is 0.304 bits per heavy atom. The largest absolute Gasteiger partial charge is 0.466 e. The van der Waals surface area contributed by atoms with Gasteiger partial charge in [0.1, 0.15) is 0 Å². The number of amides is 1. The summed E-state index contributed by atoms with van der Waals surface area (Å²) >= 11 is 0. The fourth-order valence-electron chi connectivity index (χ4n) is 12.1. The molecule has 0 saturated heterocycles. The van der Waals surface area contributed by atoms with Crippen molar-refractivity contribution in [2.24, 2.45) is 0 Å². The van der Waals surface area contributed by atoms with Gasteiger partial charge in [-0.2, -0.15) is 0 Å². The Bertz CT molecular complexity index is 1150. The van der Waals surface area contributed by atoms with Crippen LogP contribution in [0.3, 0.4) is 0 Å². The number of carbonyl (C=O) groups is 2. The Kier molecular flexibility index (Phi) is 68.4. The highest BCUT2D eigenvalue weighted by atomic mass is 16.5. The number of rotatable bonds is 70. The van der Waals surface area contributed by atoms with Gasteiger partial charge in [-0.15, -0.1) is 0 Å². The third kappa shape index (κ3) is 65.9. The molecule has 2 atom stereocenters. The minimum Gasteiger partial charge on any atom is -0.466 e. The molecule has 3 N–H and O–H groups in total. The van der Waals surface area contributed by atoms with Crippen molar-refractivity contribution >= 4 is 11.9 Å². The lowest BCUT2D eigenvalue weighted by molar-refractivity contribution is -0.143. The third-order valence-corrected chi connectivity index (χ3v) is 17.7. The predicted molar refractivity (Wildman–Crippen MR) is 347 cm³/mol. The summed E-state index contributed by atoms with van der Waals surface area (Å²) in [6, 6.07) is -0.537. The van der Waals surface area contributed by atoms with Gasteiger partial charge in [0.05, 0.1) is 25.4 Å². The van der Waals surface area contributed by atoms with E-state index < -0.39 is 12.1 Å². The van der Waals surface area contributed by atoms with Gasteiger partial charge < -0.3 is 20.3 Å². The van der Waals surface area contributed by atoms with Crippen molar-refractivity contribution < 1.29 is 24.5 Å². The summed E-state index contributed by atoms with van der Waals surface area (Å²) in [5.74, 6) is -0.00183. The average molecular weight is 1120 g/mol. The Labute approximate surface area is 496 Å². The molecule has 0 fully saturated rings. The Hall–Kier alpha value is -1.14. The quantitative estimate of drug-likeness (QED) is 0.0417. The molecule has 0 aliphatic heterocycles. The molecule has 79 heavy (non-hydrogen) atoms. The number of hydrogen-bond acceptors (Lipinski definition) is 5. The number of nitrogens with one attached hydrogen (secondary N) is 1. The molecule has 0 aliphatic rings. The molecule has 0 heterocycles. The highest BCUT2D eigenvalue weighted by Gasteiger charge is 2.20. The fraction of sp³-hybridized carbons (Fsp3) is 0.973. The molecular formula is C73H145NO5. The minimum absolute atomic E-state index is 0.0242. The molecule has 2 unspecified atom stereocenters. The first-order valence-corrected chi connectivity index (χ1v) is 36.8. The van der Waals surface area contributed by atoms with Crippen molar-refractivity contribution in [2.75, 3.05) is 13.2 Å². The van der Waals surface area contributed by atoms with Crippen molar-refractivity contribution in [3.63, 3.8) is 0 Å². The van der Waals surface area contributed by atoms with E-state index in [1.165, 1.54) is 360 Å². The zero-order valence-electron chi connectivity index (χ0n) is 54.2. The van der Waals surface area contributed by atoms with Gasteiger partial charge in [0.25, 0.3) is 0 Å². The first kappa shape index (κ1) is 77.9. The van der Waals surface area contributed by atoms with Crippen molar-refractivity contribution in [3.8, 4) is 0 Å². The predicted octanol–water partition coefficient (Wildman–Crippen LogP) is 23.8. The van der Waals surface area contributed by atoms with Crippen LogP contribution in [0.5, 0.6) is 0 Å². The van der Waals surface area contributed by atoms with Crippen molar-refractivity contribution in [1.29, 1.82) is 0 Å². The molecule has 6 heteroatoms. The van der Waals surface area contributed by atoms with Crippen molar-refractivity contribution in [3.05, 3.63) is 0 Å². The number of esters is 1. The van der Waals surface area contributed by atoms with Crippen molar-refractivity contribution in [2.45, 2.75) is 443 Å². The second kappa shape index (κ2) is 69.4. The molecule has 0 spiro atoms. The Morgan fingerprint density at radius 3 is 0.772 bits per heavy atom. The van der Waals surface area contributed by atoms with Gasteiger partial charge in [-0.05, 0) is 25.7 Å². The molecule has 0 saturated carbocycles. The first-order valence-electron chi connectivity index (χ1n) is 36.8. The van der Waals surface area contributed by atoms with E-state index in [-0.39, 0.29) is 18.5 Å². The highest BCUT2D eigenvalue weighted by Crippen LogP contribution is 2.20. The summed E-state index contributed by atoms with van der Waals surface area (Å²) < 4.78 is 5.50. The maximum atomic E-state index is 12.5. The molecule has 0 aromatic heterocycles. The molecule has 472 valence electrons. The summed E-state index contributed by atoms with van der Waals surface area (Å²) in [6.07, 6.45) is 84.6. The van der Waals surface area contributed by atoms with Crippen LogP contribution in [0, 0.1) is 0 Å². The molecule has 0 rings (SSSR count). The number of aliphatic hydroxyl groups is 2. The molecule has 0 bridgehead atoms. The summed E-state index contributed by atoms with van der Waals surface area (Å²) in [7, 11) is 0. The van der Waals surface area contributed by atoms with E-state index in [0.717, 1.165) is 38.5 Å². The number of ether oxygens (including phenoxy) is 1. The van der Waals surface area contributed by atoms with E-state index in [2.05, 4.69) is 19.2 Å². The van der Waals surface area contributed by atoms with Gasteiger partial charge in [0, 0.05) is 12.8 Å². The smallest absolute Gasteiger partial charge is 0.305 e. The van der Waals surface area contributed by atoms with Crippen LogP contribution in [0.4, 0.5) is 0 Å². The number of carbonyl (C=O) groups excluding carboxylic acids is 2. The lowest BCUT2D eigenvalue weighted by Crippen LogP contribution is -2.45. The standard InChI is InChI=1S/C73H145NO5/c1-3-5-7-9-11-13-15-17-19-35-38-41-45-49-53-57-61-65-71(76)70(69-75)74-72(77)66-62-58-54-50-46-42-39-36-33-31-29-27-25-23-21-20-22-24-26-28-30-32-34-37-40-44-48-52-56-60-64-68-79-73(78)67-63-59-55-51-47-43-18-16-14-12-10-8-6-4-2/h70-71,75-76H,3-69H2,1-2H3,(H,74,77). The van der Waals surface area contributed by atoms with Crippen LogP contribution >= 0.6 is 0 Å². The Morgan fingerprint density at radius 2 is 0.519 bits per heavy atom. The lowest BCUT2D eigenvalue weighted by Gasteiger charge is -2.22. The first-order chi connectivity index (χ1) is 39.0. The average Bonchev–Trinajstić information content (AvgIpc) is 3.45. The van der Waals surface area contributed by atoms with E-state index >= 15 is 0 Å². The minimum atomic E-state index is -0.660. The molecule has 0 aromatic rings. The monoisotopic (exact) mass is 1120 g/mol. The summed E-state index contributed by atoms with van der Waals surface area (Å²) in [5.41, 5.74) is 0. The molecule has 1 amide bonds. The second-order valence-electron chi connectivity index (χ2n) is 25.6. The van der Waals surface area contributed by atoms with E-state index in [1.807, 2.05) is 0 Å². The van der Waals surface area contributed by atoms with E-state index in [4.69, 9.17) is 4.74 Å². The van der Waals surface area contributed by atoms with Gasteiger partial charge in [-0.3, -0.25) is 9.59 Å². The van der Waals surface area contributed by atoms with Crippen LogP contribution < -0.4 is 5.32 Å². The van der Waals surface area contributed by atoms with Gasteiger partial charge in [0.2, 0.25) is 5.91 Å². The zero-order valence-corrected chi connectivity index (χ0v) is 54.2. The van der Waals surface area contributed by atoms with Crippen LogP contribution in [0.15, 0.2) is 0 Å². The van der Waals surface area contributed by atoms with E-state index in [1.54, 1.807) is 0 Å². The van der Waals surface area contributed by atoms with Gasteiger partial charge in [-0.1, -0.05) is 393 Å². The van der Waals surface area contributed by atoms with Crippen LogP contribution in [0.25, 0.3) is 0 Å². The number of unbranched alkanes of at least 4 members (excludes halogenated alkanes) is 59. The normalized spacial score (nSPS) is 12.4. The Balaban J connectivity index is 3.31. The molecule has 0 aromatic carbocycles. The van der Waals surface area contributed by atoms with Crippen LogP contribution in [-0.2, 0) is 14.3 Å². The molecule has 6 nitrogen and oxygen atoms in total. The van der Waals surface area contributed by atoms with Crippen LogP contribution in [0.2, 0.25) is 0 Å². The van der Waals surface area contributed by atoms with E-state index in [9.17, 15) is 19.8 Å². The van der Waals surface area contributed by atoms with Crippen molar-refractivity contribution in [1.82, 2.24) is 5.32 Å². The lowest BCUT2D eigenvalue weighted by atomic mass is 10.0. The fourth-order valence-corrected chi connectivity index (χ4v) is 12.1. The molecule has 0 radical (unpaired) electrons. The zero-order chi connectivity index (χ0) is 57.1. The van der Waals surface area contributed by atoms with Crippen LogP contribution in [0.1, 0.15) is 431 Å². The summed E-state index contributed by atoms with van der Waals surface area (Å²) in [4.78, 5) is 24.6. The highest BCUT2D eigenvalue weighted by molar-refractivity contribution is 5.76. The SMILES string of the molecule is CCCCCCCCCCCCCCCCCCCC(O)C(CO)NC(=O)CCCCCCCCCCCCCCCCCCCCCCCCCCCCCCCCCOC(=O)CCCCCCCCCCCCCCCC.